The van der Waals surface area contributed by atoms with Crippen molar-refractivity contribution in [3.05, 3.63) is 90.1 Å². The average Bonchev–Trinajstić information content (AvgIpc) is 2.97. The van der Waals surface area contributed by atoms with Crippen LogP contribution in [0, 0.1) is 5.92 Å². The van der Waals surface area contributed by atoms with Gasteiger partial charge in [0.25, 0.3) is 11.9 Å². The Bertz CT molecular complexity index is 1370. The van der Waals surface area contributed by atoms with Gasteiger partial charge in [0.15, 0.2) is 11.9 Å². The van der Waals surface area contributed by atoms with Crippen molar-refractivity contribution in [3.63, 3.8) is 0 Å². The number of rotatable bonds is 12. The maximum Gasteiger partial charge on any atom is 0.531 e. The van der Waals surface area contributed by atoms with Gasteiger partial charge in [-0.25, -0.2) is 9.78 Å². The molecule has 3 aromatic rings. The molecular weight excluding hydrogens is 523 g/mol. The van der Waals surface area contributed by atoms with Crippen LogP contribution in [0.1, 0.15) is 49.2 Å². The fourth-order valence-electron chi connectivity index (χ4n) is 4.87. The first-order chi connectivity index (χ1) is 19.7. The Hall–Kier alpha value is -4.31. The molecule has 0 unspecified atom stereocenters. The average molecular weight is 556 g/mol. The quantitative estimate of drug-likeness (QED) is 0.315. The number of carbonyl (C=O) groups excluding carboxylic acids is 3. The smallest absolute Gasteiger partial charge is 0.509 e. The summed E-state index contributed by atoms with van der Waals surface area (Å²) in [7, 11) is -1.18. The number of aliphatic carboxylic acids is 1. The summed E-state index contributed by atoms with van der Waals surface area (Å²) in [5.41, 5.74) is 2.51. The van der Waals surface area contributed by atoms with Gasteiger partial charge in [0, 0.05) is 17.8 Å². The van der Waals surface area contributed by atoms with E-state index < -0.39 is 49.3 Å². The standard InChI is InChI=1S/C31H33BN2O7/c1-20(2)16-23(32-40-28(31(38)39)19-29(36)41-32)18-27(35)26(17-21-10-5-3-6-11-21)34-30(37)25-15-9-14-24(33-25)22-12-7-4-8-13-22/h3-15,20,23,26,28H,16-19H2,1-2H3,(H,34,37)(H,38,39)/t23-,26+,28+/m1/s1. The van der Waals surface area contributed by atoms with E-state index in [2.05, 4.69) is 10.3 Å². The van der Waals surface area contributed by atoms with Crippen LogP contribution in [0.5, 0.6) is 0 Å². The van der Waals surface area contributed by atoms with Crippen LogP contribution in [0.15, 0.2) is 78.9 Å². The molecule has 1 saturated heterocycles. The van der Waals surface area contributed by atoms with Crippen LogP contribution in [-0.4, -0.2) is 53.0 Å². The Balaban J connectivity index is 1.56. The number of aromatic nitrogens is 1. The summed E-state index contributed by atoms with van der Waals surface area (Å²) in [6.45, 7) is 3.90. The highest BCUT2D eigenvalue weighted by molar-refractivity contribution is 6.50. The summed E-state index contributed by atoms with van der Waals surface area (Å²) < 4.78 is 11.0. The predicted octanol–water partition coefficient (Wildman–Crippen LogP) is 4.37. The zero-order chi connectivity index (χ0) is 29.4. The van der Waals surface area contributed by atoms with Crippen molar-refractivity contribution in [2.24, 2.45) is 5.92 Å². The molecule has 4 rings (SSSR count). The van der Waals surface area contributed by atoms with Gasteiger partial charge < -0.3 is 19.7 Å². The van der Waals surface area contributed by atoms with Crippen LogP contribution in [0.3, 0.4) is 0 Å². The number of carbonyl (C=O) groups is 4. The van der Waals surface area contributed by atoms with Crippen molar-refractivity contribution >= 4 is 30.7 Å². The Kier molecular flexibility index (Phi) is 10.0. The number of nitrogens with zero attached hydrogens (tertiary/aromatic N) is 1. The number of nitrogens with one attached hydrogen (secondary N) is 1. The number of hydrogen-bond acceptors (Lipinski definition) is 7. The van der Waals surface area contributed by atoms with Crippen LogP contribution < -0.4 is 5.32 Å². The zero-order valence-corrected chi connectivity index (χ0v) is 23.1. The van der Waals surface area contributed by atoms with Gasteiger partial charge in [-0.1, -0.05) is 80.6 Å². The van der Waals surface area contributed by atoms with Gasteiger partial charge in [-0.15, -0.1) is 0 Å². The number of ketones is 1. The number of carboxylic acid groups (broad SMARTS) is 1. The Morgan fingerprint density at radius 1 is 1.00 bits per heavy atom. The second-order valence-electron chi connectivity index (χ2n) is 10.6. The van der Waals surface area contributed by atoms with Crippen molar-refractivity contribution in [2.75, 3.05) is 0 Å². The summed E-state index contributed by atoms with van der Waals surface area (Å²) in [6, 6.07) is 23.0. The number of Topliss-reactive ketones (excluding diaryl/α,β-unsaturated/α-hetero) is 1. The molecule has 9 nitrogen and oxygen atoms in total. The summed E-state index contributed by atoms with van der Waals surface area (Å²) in [5, 5.41) is 12.3. The first kappa shape index (κ1) is 29.7. The molecule has 1 fully saturated rings. The van der Waals surface area contributed by atoms with E-state index in [1.807, 2.05) is 80.6 Å². The zero-order valence-electron chi connectivity index (χ0n) is 23.1. The summed E-state index contributed by atoms with van der Waals surface area (Å²) in [4.78, 5) is 55.4. The minimum Gasteiger partial charge on any atom is -0.509 e. The Morgan fingerprint density at radius 3 is 2.34 bits per heavy atom. The minimum absolute atomic E-state index is 0.0856. The lowest BCUT2D eigenvalue weighted by molar-refractivity contribution is -0.157. The third-order valence-corrected chi connectivity index (χ3v) is 6.82. The van der Waals surface area contributed by atoms with Crippen LogP contribution in [0.2, 0.25) is 5.82 Å². The summed E-state index contributed by atoms with van der Waals surface area (Å²) in [6.07, 6.45) is -1.13. The molecule has 3 atom stereocenters. The topological polar surface area (TPSA) is 132 Å². The second kappa shape index (κ2) is 13.9. The second-order valence-corrected chi connectivity index (χ2v) is 10.6. The number of carboxylic acids is 1. The SMILES string of the molecule is CC(C)C[C@H](CC(=O)[C@H](Cc1ccccc1)NC(=O)c1cccc(-c2ccccc2)n1)B1OC(=O)C[C@@H](C(=O)O)O1. The lowest BCUT2D eigenvalue weighted by Crippen LogP contribution is -2.47. The molecule has 10 heteroatoms. The lowest BCUT2D eigenvalue weighted by atomic mass is 9.64. The molecule has 0 saturated carbocycles. The molecule has 1 amide bonds. The van der Waals surface area contributed by atoms with Gasteiger partial charge in [-0.2, -0.15) is 0 Å². The summed E-state index contributed by atoms with van der Waals surface area (Å²) >= 11 is 0. The van der Waals surface area contributed by atoms with E-state index in [0.29, 0.717) is 12.1 Å². The molecule has 1 aliphatic rings. The van der Waals surface area contributed by atoms with E-state index in [9.17, 15) is 24.3 Å². The van der Waals surface area contributed by atoms with Gasteiger partial charge >= 0.3 is 13.1 Å². The molecule has 0 spiro atoms. The third kappa shape index (κ3) is 8.34. The fraction of sp³-hybridized carbons (Fsp3) is 0.323. The van der Waals surface area contributed by atoms with Gasteiger partial charge in [0.1, 0.15) is 5.69 Å². The fourth-order valence-corrected chi connectivity index (χ4v) is 4.87. The van der Waals surface area contributed by atoms with Gasteiger partial charge in [0.2, 0.25) is 0 Å². The van der Waals surface area contributed by atoms with E-state index in [-0.39, 0.29) is 30.2 Å². The van der Waals surface area contributed by atoms with Crippen molar-refractivity contribution in [1.82, 2.24) is 10.3 Å². The molecule has 0 radical (unpaired) electrons. The van der Waals surface area contributed by atoms with Crippen LogP contribution in [-0.2, 0) is 30.1 Å². The van der Waals surface area contributed by atoms with E-state index in [1.165, 1.54) is 0 Å². The van der Waals surface area contributed by atoms with Crippen LogP contribution in [0.25, 0.3) is 11.3 Å². The van der Waals surface area contributed by atoms with Gasteiger partial charge in [-0.3, -0.25) is 14.4 Å². The molecule has 1 aromatic heterocycles. The molecule has 2 heterocycles. The van der Waals surface area contributed by atoms with Crippen LogP contribution >= 0.6 is 0 Å². The first-order valence-electron chi connectivity index (χ1n) is 13.7. The van der Waals surface area contributed by atoms with Crippen molar-refractivity contribution in [1.29, 1.82) is 0 Å². The molecule has 0 aliphatic carbocycles. The van der Waals surface area contributed by atoms with E-state index >= 15 is 0 Å². The van der Waals surface area contributed by atoms with Gasteiger partial charge in [-0.05, 0) is 36.5 Å². The number of pyridine rings is 1. The Labute approximate surface area is 239 Å². The van der Waals surface area contributed by atoms with E-state index in [1.54, 1.807) is 12.1 Å². The van der Waals surface area contributed by atoms with E-state index in [0.717, 1.165) is 11.1 Å². The number of benzene rings is 2. The monoisotopic (exact) mass is 556 g/mol. The molecular formula is C31H33BN2O7. The minimum atomic E-state index is -1.34. The molecule has 2 aromatic carbocycles. The predicted molar refractivity (Wildman–Crippen MR) is 153 cm³/mol. The highest BCUT2D eigenvalue weighted by Crippen LogP contribution is 2.31. The maximum atomic E-state index is 13.8. The highest BCUT2D eigenvalue weighted by atomic mass is 16.6. The van der Waals surface area contributed by atoms with Crippen molar-refractivity contribution in [2.45, 2.75) is 57.5 Å². The molecule has 0 bridgehead atoms. The van der Waals surface area contributed by atoms with E-state index in [4.69, 9.17) is 9.31 Å². The summed E-state index contributed by atoms with van der Waals surface area (Å²) in [5.74, 6) is -3.22. The third-order valence-electron chi connectivity index (χ3n) is 6.82. The number of hydrogen-bond donors (Lipinski definition) is 2. The molecule has 41 heavy (non-hydrogen) atoms. The van der Waals surface area contributed by atoms with Gasteiger partial charge in [0.05, 0.1) is 18.2 Å². The van der Waals surface area contributed by atoms with Crippen molar-refractivity contribution in [3.8, 4) is 11.3 Å². The van der Waals surface area contributed by atoms with Crippen LogP contribution in [0.4, 0.5) is 0 Å². The molecule has 212 valence electrons. The molecule has 1 aliphatic heterocycles. The first-order valence-corrected chi connectivity index (χ1v) is 13.7. The maximum absolute atomic E-state index is 13.8. The largest absolute Gasteiger partial charge is 0.531 e. The Morgan fingerprint density at radius 2 is 1.68 bits per heavy atom. The van der Waals surface area contributed by atoms with Crippen molar-refractivity contribution < 1.29 is 33.6 Å². The highest BCUT2D eigenvalue weighted by Gasteiger charge is 2.44. The molecule has 2 N–H and O–H groups in total. The number of amides is 1. The normalized spacial score (nSPS) is 16.5. The lowest BCUT2D eigenvalue weighted by Gasteiger charge is -2.31.